The topological polar surface area (TPSA) is 108 Å². The largest absolute Gasteiger partial charge is 0.438 e. The van der Waals surface area contributed by atoms with Crippen molar-refractivity contribution in [1.29, 1.82) is 0 Å². The van der Waals surface area contributed by atoms with Crippen molar-refractivity contribution in [2.75, 3.05) is 5.32 Å². The summed E-state index contributed by atoms with van der Waals surface area (Å²) in [6, 6.07) is 15.7. The normalized spacial score (nSPS) is 10.8. The average molecular weight is 415 g/mol. The molecule has 30 heavy (non-hydrogen) atoms. The van der Waals surface area contributed by atoms with Gasteiger partial charge in [0, 0.05) is 29.7 Å². The first-order chi connectivity index (χ1) is 14.7. The smallest absolute Gasteiger partial charge is 0.255 e. The summed E-state index contributed by atoms with van der Waals surface area (Å²) in [5, 5.41) is 11.0. The highest BCUT2D eigenvalue weighted by molar-refractivity contribution is 7.00. The van der Waals surface area contributed by atoms with Crippen LogP contribution in [-0.4, -0.2) is 34.4 Å². The summed E-state index contributed by atoms with van der Waals surface area (Å²) in [6.07, 6.45) is 5.09. The molecule has 0 radical (unpaired) electrons. The molecule has 0 spiro atoms. The van der Waals surface area contributed by atoms with Crippen LogP contribution in [0.4, 0.5) is 5.69 Å². The van der Waals surface area contributed by atoms with Crippen molar-refractivity contribution in [1.82, 2.24) is 28.5 Å². The fraction of sp³-hybridized carbons (Fsp3) is 0. The van der Waals surface area contributed by atoms with E-state index in [0.717, 1.165) is 17.2 Å². The van der Waals surface area contributed by atoms with E-state index < -0.39 is 0 Å². The highest BCUT2D eigenvalue weighted by atomic mass is 32.1. The van der Waals surface area contributed by atoms with E-state index in [0.29, 0.717) is 34.2 Å². The zero-order valence-corrected chi connectivity index (χ0v) is 16.2. The number of hydrogen-bond acceptors (Lipinski definition) is 8. The number of benzene rings is 2. The van der Waals surface area contributed by atoms with Gasteiger partial charge in [0.25, 0.3) is 5.91 Å². The summed E-state index contributed by atoms with van der Waals surface area (Å²) in [5.41, 5.74) is 2.64. The Bertz CT molecular complexity index is 1300. The van der Waals surface area contributed by atoms with E-state index in [-0.39, 0.29) is 5.91 Å². The molecule has 0 aliphatic carbocycles. The van der Waals surface area contributed by atoms with Gasteiger partial charge < -0.3 is 10.1 Å². The molecular weight excluding hydrogens is 402 g/mol. The molecule has 5 aromatic rings. The number of ether oxygens (including phenoxy) is 1. The predicted molar refractivity (Wildman–Crippen MR) is 111 cm³/mol. The van der Waals surface area contributed by atoms with Gasteiger partial charge >= 0.3 is 0 Å². The molecule has 1 N–H and O–H groups in total. The lowest BCUT2D eigenvalue weighted by molar-refractivity contribution is 0.102. The lowest BCUT2D eigenvalue weighted by Gasteiger charge is -2.08. The number of amides is 1. The second-order valence-corrected chi connectivity index (χ2v) is 6.78. The number of carbonyl (C=O) groups is 1. The van der Waals surface area contributed by atoms with Crippen molar-refractivity contribution in [3.05, 3.63) is 78.9 Å². The van der Waals surface area contributed by atoms with Crippen LogP contribution in [-0.2, 0) is 0 Å². The van der Waals surface area contributed by atoms with E-state index in [4.69, 9.17) is 4.74 Å². The van der Waals surface area contributed by atoms with E-state index in [1.165, 1.54) is 0 Å². The number of rotatable bonds is 5. The van der Waals surface area contributed by atoms with Crippen LogP contribution in [0.1, 0.15) is 10.4 Å². The van der Waals surface area contributed by atoms with Crippen LogP contribution < -0.4 is 10.1 Å². The first kappa shape index (κ1) is 17.9. The van der Waals surface area contributed by atoms with Crippen LogP contribution in [0, 0.1) is 0 Å². The third kappa shape index (κ3) is 3.71. The molecule has 9 nitrogen and oxygen atoms in total. The van der Waals surface area contributed by atoms with Crippen molar-refractivity contribution in [2.24, 2.45) is 0 Å². The predicted octanol–water partition coefficient (Wildman–Crippen LogP) is 3.71. The molecule has 2 aromatic carbocycles. The number of fused-ring (bicyclic) bond motifs is 1. The van der Waals surface area contributed by atoms with E-state index in [1.807, 2.05) is 0 Å². The summed E-state index contributed by atoms with van der Waals surface area (Å²) in [6.45, 7) is 0. The number of nitrogens with one attached hydrogen (secondary N) is 1. The van der Waals surface area contributed by atoms with E-state index in [2.05, 4.69) is 29.2 Å². The standard InChI is InChI=1S/C20H13N7O2S/c28-20(13-1-6-16-17(11-13)26-30-25-16)22-14-2-4-15(5-3-14)29-19-8-7-18(23-24-19)27-10-9-21-12-27/h1-12H,(H,22,28). The number of aromatic nitrogens is 6. The minimum absolute atomic E-state index is 0.223. The van der Waals surface area contributed by atoms with Crippen LogP contribution in [0.5, 0.6) is 11.6 Å². The molecule has 0 saturated heterocycles. The van der Waals surface area contributed by atoms with E-state index in [9.17, 15) is 4.79 Å². The Morgan fingerprint density at radius 3 is 2.60 bits per heavy atom. The molecule has 0 unspecified atom stereocenters. The van der Waals surface area contributed by atoms with Crippen molar-refractivity contribution < 1.29 is 9.53 Å². The lowest BCUT2D eigenvalue weighted by Crippen LogP contribution is -2.11. The number of hydrogen-bond donors (Lipinski definition) is 1. The van der Waals surface area contributed by atoms with Crippen molar-refractivity contribution in [2.45, 2.75) is 0 Å². The molecule has 3 heterocycles. The molecule has 0 atom stereocenters. The molecule has 1 amide bonds. The molecule has 0 saturated carbocycles. The summed E-state index contributed by atoms with van der Waals surface area (Å²) in [5.74, 6) is 1.36. The first-order valence-corrected chi connectivity index (χ1v) is 9.61. The number of nitrogens with zero attached hydrogens (tertiary/aromatic N) is 6. The van der Waals surface area contributed by atoms with Crippen molar-refractivity contribution in [3.8, 4) is 17.4 Å². The minimum Gasteiger partial charge on any atom is -0.438 e. The van der Waals surface area contributed by atoms with Crippen molar-refractivity contribution >= 4 is 34.4 Å². The molecule has 0 aliphatic rings. The third-order valence-corrected chi connectivity index (χ3v) is 4.80. The summed E-state index contributed by atoms with van der Waals surface area (Å²) >= 11 is 1.12. The van der Waals surface area contributed by atoms with Gasteiger partial charge in [0.2, 0.25) is 5.88 Å². The van der Waals surface area contributed by atoms with Crippen LogP contribution in [0.3, 0.4) is 0 Å². The van der Waals surface area contributed by atoms with Gasteiger partial charge in [-0.3, -0.25) is 9.36 Å². The number of anilines is 1. The minimum atomic E-state index is -0.223. The maximum Gasteiger partial charge on any atom is 0.255 e. The maximum absolute atomic E-state index is 12.5. The molecule has 10 heteroatoms. The zero-order valence-electron chi connectivity index (χ0n) is 15.3. The summed E-state index contributed by atoms with van der Waals surface area (Å²) in [7, 11) is 0. The summed E-state index contributed by atoms with van der Waals surface area (Å²) in [4.78, 5) is 16.4. The molecule has 0 aliphatic heterocycles. The molecular formula is C20H13N7O2S. The Kier molecular flexibility index (Phi) is 4.58. The second kappa shape index (κ2) is 7.68. The van der Waals surface area contributed by atoms with Crippen LogP contribution in [0.2, 0.25) is 0 Å². The lowest BCUT2D eigenvalue weighted by atomic mass is 10.2. The third-order valence-electron chi connectivity index (χ3n) is 4.25. The molecule has 5 rings (SSSR count). The number of carbonyl (C=O) groups excluding carboxylic acids is 1. The van der Waals surface area contributed by atoms with E-state index in [1.54, 1.807) is 77.9 Å². The molecule has 0 bridgehead atoms. The van der Waals surface area contributed by atoms with Crippen molar-refractivity contribution in [3.63, 3.8) is 0 Å². The maximum atomic E-state index is 12.5. The monoisotopic (exact) mass is 415 g/mol. The van der Waals surface area contributed by atoms with Crippen LogP contribution in [0.15, 0.2) is 73.3 Å². The van der Waals surface area contributed by atoms with Crippen LogP contribution in [0.25, 0.3) is 16.9 Å². The Hall–Kier alpha value is -4.18. The Labute approximate surface area is 174 Å². The summed E-state index contributed by atoms with van der Waals surface area (Å²) < 4.78 is 15.8. The van der Waals surface area contributed by atoms with Gasteiger partial charge in [-0.25, -0.2) is 4.98 Å². The Balaban J connectivity index is 1.24. The fourth-order valence-electron chi connectivity index (χ4n) is 2.75. The van der Waals surface area contributed by atoms with E-state index >= 15 is 0 Å². The fourth-order valence-corrected chi connectivity index (χ4v) is 3.27. The first-order valence-electron chi connectivity index (χ1n) is 8.88. The van der Waals surface area contributed by atoms with Gasteiger partial charge in [0.05, 0.1) is 11.7 Å². The Morgan fingerprint density at radius 1 is 0.967 bits per heavy atom. The highest BCUT2D eigenvalue weighted by Crippen LogP contribution is 2.22. The van der Waals surface area contributed by atoms with Gasteiger partial charge in [-0.1, -0.05) is 0 Å². The molecule has 146 valence electrons. The Morgan fingerprint density at radius 2 is 1.83 bits per heavy atom. The zero-order chi connectivity index (χ0) is 20.3. The van der Waals surface area contributed by atoms with Gasteiger partial charge in [0.1, 0.15) is 23.1 Å². The SMILES string of the molecule is O=C(Nc1ccc(Oc2ccc(-n3ccnc3)nn2)cc1)c1ccc2nsnc2c1. The average Bonchev–Trinajstić information content (AvgIpc) is 3.47. The van der Waals surface area contributed by atoms with Crippen LogP contribution >= 0.6 is 11.7 Å². The van der Waals surface area contributed by atoms with Gasteiger partial charge in [-0.05, 0) is 48.5 Å². The van der Waals surface area contributed by atoms with Gasteiger partial charge in [0.15, 0.2) is 5.82 Å². The quantitative estimate of drug-likeness (QED) is 0.466. The number of imidazole rings is 1. The van der Waals surface area contributed by atoms with Gasteiger partial charge in [-0.2, -0.15) is 8.75 Å². The highest BCUT2D eigenvalue weighted by Gasteiger charge is 2.09. The van der Waals surface area contributed by atoms with Gasteiger partial charge in [-0.15, -0.1) is 10.2 Å². The second-order valence-electron chi connectivity index (χ2n) is 6.25. The molecule has 0 fully saturated rings. The molecule has 3 aromatic heterocycles.